The Morgan fingerprint density at radius 2 is 1.89 bits per heavy atom. The SMILES string of the molecule is Cc1ccc(-c2n[nH]c(=S)n2CCC(=O)N2CCC3(CC2)OCCO3)cc1. The summed E-state index contributed by atoms with van der Waals surface area (Å²) in [5, 5.41) is 7.19. The molecule has 7 nitrogen and oxygen atoms in total. The molecule has 4 rings (SSSR count). The van der Waals surface area contributed by atoms with Gasteiger partial charge in [0.2, 0.25) is 5.91 Å². The Morgan fingerprint density at radius 1 is 1.22 bits per heavy atom. The molecule has 2 fully saturated rings. The molecule has 3 heterocycles. The average molecular weight is 388 g/mol. The van der Waals surface area contributed by atoms with Crippen LogP contribution in [0.25, 0.3) is 11.4 Å². The van der Waals surface area contributed by atoms with Gasteiger partial charge in [0.05, 0.1) is 13.2 Å². The van der Waals surface area contributed by atoms with E-state index in [2.05, 4.69) is 10.2 Å². The second-order valence-corrected chi connectivity index (χ2v) is 7.50. The van der Waals surface area contributed by atoms with E-state index >= 15 is 0 Å². The highest BCUT2D eigenvalue weighted by molar-refractivity contribution is 7.71. The number of likely N-dealkylation sites (tertiary alicyclic amines) is 1. The van der Waals surface area contributed by atoms with E-state index in [0.29, 0.717) is 44.0 Å². The van der Waals surface area contributed by atoms with E-state index in [1.54, 1.807) is 0 Å². The average Bonchev–Trinajstić information content (AvgIpc) is 3.28. The number of carbonyl (C=O) groups excluding carboxylic acids is 1. The maximum absolute atomic E-state index is 12.7. The van der Waals surface area contributed by atoms with Gasteiger partial charge < -0.3 is 14.4 Å². The summed E-state index contributed by atoms with van der Waals surface area (Å²) in [5.41, 5.74) is 2.17. The first-order chi connectivity index (χ1) is 13.1. The highest BCUT2D eigenvalue weighted by atomic mass is 32.1. The highest BCUT2D eigenvalue weighted by Gasteiger charge is 2.40. The van der Waals surface area contributed by atoms with Crippen LogP contribution in [0.3, 0.4) is 0 Å². The van der Waals surface area contributed by atoms with Crippen LogP contribution in [0.15, 0.2) is 24.3 Å². The fourth-order valence-corrected chi connectivity index (χ4v) is 3.92. The summed E-state index contributed by atoms with van der Waals surface area (Å²) in [4.78, 5) is 14.6. The molecule has 1 N–H and O–H groups in total. The van der Waals surface area contributed by atoms with Gasteiger partial charge in [0.25, 0.3) is 0 Å². The van der Waals surface area contributed by atoms with Gasteiger partial charge in [-0.3, -0.25) is 14.5 Å². The van der Waals surface area contributed by atoms with Crippen molar-refractivity contribution in [2.45, 2.75) is 38.5 Å². The van der Waals surface area contributed by atoms with Crippen LogP contribution in [0, 0.1) is 11.7 Å². The summed E-state index contributed by atoms with van der Waals surface area (Å²) in [7, 11) is 0. The van der Waals surface area contributed by atoms with E-state index in [9.17, 15) is 4.79 Å². The Kier molecular flexibility index (Phi) is 5.12. The topological polar surface area (TPSA) is 72.4 Å². The molecule has 144 valence electrons. The molecule has 1 aromatic carbocycles. The fraction of sp³-hybridized carbons (Fsp3) is 0.526. The number of piperidine rings is 1. The predicted molar refractivity (Wildman–Crippen MR) is 103 cm³/mol. The van der Waals surface area contributed by atoms with Crippen LogP contribution in [0.5, 0.6) is 0 Å². The lowest BCUT2D eigenvalue weighted by molar-refractivity contribution is -0.187. The fourth-order valence-electron chi connectivity index (χ4n) is 3.70. The van der Waals surface area contributed by atoms with Gasteiger partial charge in [-0.2, -0.15) is 5.10 Å². The molecule has 0 aliphatic carbocycles. The summed E-state index contributed by atoms with van der Waals surface area (Å²) in [5.74, 6) is 0.432. The van der Waals surface area contributed by atoms with Crippen molar-refractivity contribution in [3.05, 3.63) is 34.6 Å². The Bertz CT molecular complexity index is 858. The van der Waals surface area contributed by atoms with Crippen molar-refractivity contribution in [3.8, 4) is 11.4 Å². The molecule has 27 heavy (non-hydrogen) atoms. The molecular weight excluding hydrogens is 364 g/mol. The summed E-state index contributed by atoms with van der Waals surface area (Å²) in [6.45, 7) is 5.18. The van der Waals surface area contributed by atoms with Crippen LogP contribution < -0.4 is 0 Å². The summed E-state index contributed by atoms with van der Waals surface area (Å²) in [6, 6.07) is 8.12. The number of carbonyl (C=O) groups is 1. The van der Waals surface area contributed by atoms with Crippen molar-refractivity contribution >= 4 is 18.1 Å². The number of H-pyrrole nitrogens is 1. The van der Waals surface area contributed by atoms with Crippen LogP contribution in [-0.4, -0.2) is 57.7 Å². The van der Waals surface area contributed by atoms with Crippen molar-refractivity contribution in [2.75, 3.05) is 26.3 Å². The highest BCUT2D eigenvalue weighted by Crippen LogP contribution is 2.31. The second kappa shape index (κ2) is 7.53. The Hall–Kier alpha value is -2.03. The van der Waals surface area contributed by atoms with Crippen LogP contribution in [0.2, 0.25) is 0 Å². The van der Waals surface area contributed by atoms with Gasteiger partial charge in [0.15, 0.2) is 16.4 Å². The predicted octanol–water partition coefficient (Wildman–Crippen LogP) is 2.67. The molecule has 2 aliphatic heterocycles. The van der Waals surface area contributed by atoms with Gasteiger partial charge in [0.1, 0.15) is 0 Å². The molecule has 8 heteroatoms. The second-order valence-electron chi connectivity index (χ2n) is 7.11. The summed E-state index contributed by atoms with van der Waals surface area (Å²) < 4.78 is 13.9. The van der Waals surface area contributed by atoms with E-state index in [1.807, 2.05) is 40.7 Å². The third-order valence-corrected chi connectivity index (χ3v) is 5.62. The van der Waals surface area contributed by atoms with E-state index < -0.39 is 5.79 Å². The van der Waals surface area contributed by atoms with Gasteiger partial charge in [0, 0.05) is 44.5 Å². The molecule has 0 unspecified atom stereocenters. The number of ether oxygens (including phenoxy) is 2. The van der Waals surface area contributed by atoms with Crippen molar-refractivity contribution < 1.29 is 14.3 Å². The van der Waals surface area contributed by atoms with Crippen molar-refractivity contribution in [2.24, 2.45) is 0 Å². The quantitative estimate of drug-likeness (QED) is 0.816. The third-order valence-electron chi connectivity index (χ3n) is 5.31. The Morgan fingerprint density at radius 3 is 2.56 bits per heavy atom. The number of aryl methyl sites for hydroxylation is 1. The van der Waals surface area contributed by atoms with Crippen molar-refractivity contribution in [1.29, 1.82) is 0 Å². The maximum Gasteiger partial charge on any atom is 0.224 e. The number of benzene rings is 1. The zero-order chi connectivity index (χ0) is 18.9. The van der Waals surface area contributed by atoms with Gasteiger partial charge in [-0.15, -0.1) is 0 Å². The van der Waals surface area contributed by atoms with Crippen LogP contribution in [-0.2, 0) is 20.8 Å². The van der Waals surface area contributed by atoms with E-state index in [0.717, 1.165) is 24.2 Å². The molecule has 0 saturated carbocycles. The number of aromatic nitrogens is 3. The molecule has 0 atom stereocenters. The monoisotopic (exact) mass is 388 g/mol. The first-order valence-electron chi connectivity index (χ1n) is 9.34. The maximum atomic E-state index is 12.7. The number of hydrogen-bond acceptors (Lipinski definition) is 5. The normalized spacial score (nSPS) is 18.9. The van der Waals surface area contributed by atoms with Gasteiger partial charge >= 0.3 is 0 Å². The third kappa shape index (κ3) is 3.83. The molecular formula is C19H24N4O3S. The lowest BCUT2D eigenvalue weighted by Crippen LogP contribution is -2.47. The molecule has 2 aromatic rings. The lowest BCUT2D eigenvalue weighted by Gasteiger charge is -2.37. The van der Waals surface area contributed by atoms with Gasteiger partial charge in [-0.05, 0) is 19.1 Å². The Balaban J connectivity index is 1.39. The number of nitrogens with zero attached hydrogens (tertiary/aromatic N) is 3. The molecule has 2 aliphatic rings. The van der Waals surface area contributed by atoms with Crippen LogP contribution in [0.4, 0.5) is 0 Å². The van der Waals surface area contributed by atoms with E-state index in [1.165, 1.54) is 5.56 Å². The molecule has 0 radical (unpaired) electrons. The van der Waals surface area contributed by atoms with Crippen LogP contribution in [0.1, 0.15) is 24.8 Å². The summed E-state index contributed by atoms with van der Waals surface area (Å²) in [6.07, 6.45) is 1.86. The zero-order valence-electron chi connectivity index (χ0n) is 15.4. The van der Waals surface area contributed by atoms with Gasteiger partial charge in [-0.25, -0.2) is 0 Å². The minimum Gasteiger partial charge on any atom is -0.347 e. The molecule has 2 saturated heterocycles. The largest absolute Gasteiger partial charge is 0.347 e. The first kappa shape index (κ1) is 18.3. The molecule has 1 aromatic heterocycles. The molecule has 1 spiro atoms. The minimum absolute atomic E-state index is 0.126. The van der Waals surface area contributed by atoms with E-state index in [4.69, 9.17) is 21.7 Å². The number of hydrogen-bond donors (Lipinski definition) is 1. The first-order valence-corrected chi connectivity index (χ1v) is 9.75. The standard InChI is InChI=1S/C19H24N4O3S/c1-14-2-4-15(5-3-14)17-20-21-18(27)23(17)9-6-16(24)22-10-7-19(8-11-22)25-12-13-26-19/h2-5H,6-13H2,1H3,(H,21,27). The van der Waals surface area contributed by atoms with Crippen LogP contribution >= 0.6 is 12.2 Å². The van der Waals surface area contributed by atoms with Crippen molar-refractivity contribution in [3.63, 3.8) is 0 Å². The molecule has 1 amide bonds. The van der Waals surface area contributed by atoms with E-state index in [-0.39, 0.29) is 5.91 Å². The number of nitrogens with one attached hydrogen (secondary N) is 1. The Labute approximate surface area is 163 Å². The van der Waals surface area contributed by atoms with Crippen molar-refractivity contribution in [1.82, 2.24) is 19.7 Å². The number of aromatic amines is 1. The smallest absolute Gasteiger partial charge is 0.224 e. The number of amides is 1. The number of rotatable bonds is 4. The van der Waals surface area contributed by atoms with Gasteiger partial charge in [-0.1, -0.05) is 29.8 Å². The summed E-state index contributed by atoms with van der Waals surface area (Å²) >= 11 is 5.36. The zero-order valence-corrected chi connectivity index (χ0v) is 16.3. The molecule has 0 bridgehead atoms. The minimum atomic E-state index is -0.456. The lowest BCUT2D eigenvalue weighted by atomic mass is 10.0.